The number of hydrogen-bond donors (Lipinski definition) is 1. The highest BCUT2D eigenvalue weighted by molar-refractivity contribution is 8.18. The van der Waals surface area contributed by atoms with Gasteiger partial charge >= 0.3 is 0 Å². The van der Waals surface area contributed by atoms with E-state index in [9.17, 15) is 9.59 Å². The van der Waals surface area contributed by atoms with Crippen LogP contribution in [-0.2, 0) is 9.59 Å². The molecule has 0 aromatic heterocycles. The fourth-order valence-electron chi connectivity index (χ4n) is 2.60. The number of amides is 2. The van der Waals surface area contributed by atoms with Gasteiger partial charge in [-0.3, -0.25) is 14.5 Å². The maximum Gasteiger partial charge on any atom is 0.266 e. The van der Waals surface area contributed by atoms with Crippen molar-refractivity contribution in [2.45, 2.75) is 6.92 Å². The van der Waals surface area contributed by atoms with Gasteiger partial charge < -0.3 is 15.2 Å². The zero-order chi connectivity index (χ0) is 20.8. The summed E-state index contributed by atoms with van der Waals surface area (Å²) in [6.07, 6.45) is 1.81. The van der Waals surface area contributed by atoms with Crippen molar-refractivity contribution in [3.8, 4) is 11.5 Å². The lowest BCUT2D eigenvalue weighted by molar-refractivity contribution is -0.122. The van der Waals surface area contributed by atoms with Gasteiger partial charge in [0.15, 0.2) is 11.8 Å². The number of likely N-dealkylation sites (N-methyl/N-ethyl adjacent to an activating group) is 1. The van der Waals surface area contributed by atoms with Crippen molar-refractivity contribution in [2.24, 2.45) is 10.7 Å². The van der Waals surface area contributed by atoms with Gasteiger partial charge in [0, 0.05) is 6.54 Å². The van der Waals surface area contributed by atoms with Crippen LogP contribution in [0.15, 0.2) is 58.4 Å². The molecule has 0 saturated carbocycles. The van der Waals surface area contributed by atoms with Crippen molar-refractivity contribution in [2.75, 3.05) is 20.3 Å². The Kier molecular flexibility index (Phi) is 6.56. The smallest absolute Gasteiger partial charge is 0.266 e. The summed E-state index contributed by atoms with van der Waals surface area (Å²) in [5, 5.41) is 0.635. The summed E-state index contributed by atoms with van der Waals surface area (Å²) in [7, 11) is 1.61. The number of amidine groups is 1. The molecule has 7 nitrogen and oxygen atoms in total. The highest BCUT2D eigenvalue weighted by atomic mass is 32.2. The molecule has 29 heavy (non-hydrogen) atoms. The minimum atomic E-state index is -0.535. The summed E-state index contributed by atoms with van der Waals surface area (Å²) >= 11 is 1.33. The van der Waals surface area contributed by atoms with Crippen LogP contribution >= 0.6 is 11.8 Å². The summed E-state index contributed by atoms with van der Waals surface area (Å²) < 4.78 is 10.4. The Hall–Kier alpha value is -3.26. The Balaban J connectivity index is 1.78. The lowest BCUT2D eigenvalue weighted by atomic mass is 10.2. The summed E-state index contributed by atoms with van der Waals surface area (Å²) in [6, 6.07) is 14.4. The normalized spacial score (nSPS) is 16.5. The molecule has 1 heterocycles. The SMILES string of the molecule is CCN1C(=O)/C(=C/c2ccc(OCC(N)=O)cc2)SC1=Nc1ccc(OC)cc1. The molecule has 2 amide bonds. The first kappa shape index (κ1) is 20.5. The average molecular weight is 411 g/mol. The van der Waals surface area contributed by atoms with Crippen LogP contribution in [0.3, 0.4) is 0 Å². The molecule has 0 atom stereocenters. The van der Waals surface area contributed by atoms with Gasteiger partial charge in [-0.25, -0.2) is 4.99 Å². The van der Waals surface area contributed by atoms with Crippen molar-refractivity contribution >= 4 is 40.5 Å². The Labute approximate surface area is 173 Å². The summed E-state index contributed by atoms with van der Waals surface area (Å²) in [6.45, 7) is 2.26. The minimum absolute atomic E-state index is 0.0844. The molecule has 2 N–H and O–H groups in total. The van der Waals surface area contributed by atoms with Crippen molar-refractivity contribution in [1.29, 1.82) is 0 Å². The van der Waals surface area contributed by atoms with E-state index < -0.39 is 5.91 Å². The fraction of sp³-hybridized carbons (Fsp3) is 0.190. The number of nitrogens with zero attached hydrogens (tertiary/aromatic N) is 2. The number of methoxy groups -OCH3 is 1. The Morgan fingerprint density at radius 1 is 1.14 bits per heavy atom. The standard InChI is InChI=1S/C21H21N3O4S/c1-3-24-20(26)18(12-14-4-8-17(9-5-14)28-13-19(22)25)29-21(24)23-15-6-10-16(27-2)11-7-15/h4-12H,3,13H2,1-2H3,(H2,22,25)/b18-12-,23-21?. The second kappa shape index (κ2) is 9.29. The van der Waals surface area contributed by atoms with E-state index in [2.05, 4.69) is 4.99 Å². The predicted molar refractivity (Wildman–Crippen MR) is 114 cm³/mol. The molecule has 1 fully saturated rings. The van der Waals surface area contributed by atoms with Gasteiger partial charge in [0.1, 0.15) is 11.5 Å². The van der Waals surface area contributed by atoms with Gasteiger partial charge in [0.25, 0.3) is 11.8 Å². The first-order valence-electron chi connectivity index (χ1n) is 8.95. The summed E-state index contributed by atoms with van der Waals surface area (Å²) in [4.78, 5) is 30.4. The van der Waals surface area contributed by atoms with Crippen LogP contribution in [0.4, 0.5) is 5.69 Å². The Morgan fingerprint density at radius 3 is 2.38 bits per heavy atom. The van der Waals surface area contributed by atoms with Crippen molar-refractivity contribution < 1.29 is 19.1 Å². The van der Waals surface area contributed by atoms with E-state index in [0.29, 0.717) is 22.4 Å². The van der Waals surface area contributed by atoms with E-state index in [1.54, 1.807) is 24.1 Å². The molecule has 1 aliphatic rings. The highest BCUT2D eigenvalue weighted by Gasteiger charge is 2.32. The number of benzene rings is 2. The van der Waals surface area contributed by atoms with Crippen LogP contribution in [0.2, 0.25) is 0 Å². The number of rotatable bonds is 7. The number of aliphatic imine (C=N–C) groups is 1. The largest absolute Gasteiger partial charge is 0.497 e. The third-order valence-corrected chi connectivity index (χ3v) is 5.07. The summed E-state index contributed by atoms with van der Waals surface area (Å²) in [5.41, 5.74) is 6.66. The number of thioether (sulfide) groups is 1. The van der Waals surface area contributed by atoms with Crippen molar-refractivity contribution in [3.05, 3.63) is 59.0 Å². The lowest BCUT2D eigenvalue weighted by Gasteiger charge is -2.12. The van der Waals surface area contributed by atoms with Crippen LogP contribution in [0.1, 0.15) is 12.5 Å². The second-order valence-corrected chi connectivity index (χ2v) is 7.09. The molecule has 2 aromatic carbocycles. The number of carbonyl (C=O) groups excluding carboxylic acids is 2. The maximum absolute atomic E-state index is 12.7. The second-order valence-electron chi connectivity index (χ2n) is 6.08. The Morgan fingerprint density at radius 2 is 1.79 bits per heavy atom. The molecule has 150 valence electrons. The predicted octanol–water partition coefficient (Wildman–Crippen LogP) is 3.18. The molecule has 1 saturated heterocycles. The topological polar surface area (TPSA) is 94.2 Å². The molecule has 8 heteroatoms. The van der Waals surface area contributed by atoms with E-state index in [-0.39, 0.29) is 12.5 Å². The van der Waals surface area contributed by atoms with Crippen LogP contribution in [-0.4, -0.2) is 42.1 Å². The fourth-order valence-corrected chi connectivity index (χ4v) is 3.67. The minimum Gasteiger partial charge on any atom is -0.497 e. The van der Waals surface area contributed by atoms with Gasteiger partial charge in [0.2, 0.25) is 0 Å². The number of hydrogen-bond acceptors (Lipinski definition) is 6. The van der Waals surface area contributed by atoms with E-state index in [1.807, 2.05) is 49.4 Å². The molecule has 2 aromatic rings. The number of carbonyl (C=O) groups is 2. The maximum atomic E-state index is 12.7. The quantitative estimate of drug-likeness (QED) is 0.706. The van der Waals surface area contributed by atoms with Gasteiger partial charge in [-0.05, 0) is 66.7 Å². The molecule has 0 bridgehead atoms. The van der Waals surface area contributed by atoms with Crippen LogP contribution in [0.25, 0.3) is 6.08 Å². The first-order chi connectivity index (χ1) is 14.0. The molecule has 0 aliphatic carbocycles. The zero-order valence-electron chi connectivity index (χ0n) is 16.1. The van der Waals surface area contributed by atoms with E-state index in [0.717, 1.165) is 17.0 Å². The third kappa shape index (κ3) is 5.17. The average Bonchev–Trinajstić information content (AvgIpc) is 3.02. The van der Waals surface area contributed by atoms with Gasteiger partial charge in [0.05, 0.1) is 17.7 Å². The molecule has 0 unspecified atom stereocenters. The summed E-state index contributed by atoms with van der Waals surface area (Å²) in [5.74, 6) is 0.667. The van der Waals surface area contributed by atoms with Crippen molar-refractivity contribution in [3.63, 3.8) is 0 Å². The molecule has 1 aliphatic heterocycles. The highest BCUT2D eigenvalue weighted by Crippen LogP contribution is 2.34. The monoisotopic (exact) mass is 411 g/mol. The van der Waals surface area contributed by atoms with E-state index in [4.69, 9.17) is 15.2 Å². The van der Waals surface area contributed by atoms with Crippen molar-refractivity contribution in [1.82, 2.24) is 4.90 Å². The number of ether oxygens (including phenoxy) is 2. The zero-order valence-corrected chi connectivity index (χ0v) is 16.9. The molecular formula is C21H21N3O4S. The first-order valence-corrected chi connectivity index (χ1v) is 9.77. The van der Waals surface area contributed by atoms with Gasteiger partial charge in [-0.2, -0.15) is 0 Å². The molecule has 3 rings (SSSR count). The number of primary amides is 1. The van der Waals surface area contributed by atoms with Gasteiger partial charge in [-0.15, -0.1) is 0 Å². The van der Waals surface area contributed by atoms with E-state index >= 15 is 0 Å². The van der Waals surface area contributed by atoms with E-state index in [1.165, 1.54) is 11.8 Å². The Bertz CT molecular complexity index is 953. The van der Waals surface area contributed by atoms with Crippen LogP contribution < -0.4 is 15.2 Å². The van der Waals surface area contributed by atoms with Gasteiger partial charge in [-0.1, -0.05) is 12.1 Å². The molecule has 0 spiro atoms. The molecular weight excluding hydrogens is 390 g/mol. The van der Waals surface area contributed by atoms with Crippen LogP contribution in [0.5, 0.6) is 11.5 Å². The molecule has 0 radical (unpaired) electrons. The third-order valence-electron chi connectivity index (χ3n) is 4.06. The number of nitrogens with two attached hydrogens (primary N) is 1. The lowest BCUT2D eigenvalue weighted by Crippen LogP contribution is -2.28. The van der Waals surface area contributed by atoms with Crippen LogP contribution in [0, 0.1) is 0 Å².